The molecule has 7 nitrogen and oxygen atoms in total. The topological polar surface area (TPSA) is 95.2 Å². The van der Waals surface area contributed by atoms with Crippen LogP contribution in [0.1, 0.15) is 25.2 Å². The standard InChI is InChI=1S/C18H28N4O3S/c1-13(2)12-26(24,25)11-9-19-18(23)22(4)10-8-16-20-15-7-5-6-14(3)17(15)21-16/h5-7,13H,8-12H2,1-4H3,(H,19,23)(H,20,21). The summed E-state index contributed by atoms with van der Waals surface area (Å²) in [6.07, 6.45) is 0.601. The van der Waals surface area contributed by atoms with E-state index in [1.807, 2.05) is 39.0 Å². The molecule has 144 valence electrons. The molecule has 0 spiro atoms. The first-order valence-electron chi connectivity index (χ1n) is 8.81. The lowest BCUT2D eigenvalue weighted by atomic mass is 10.2. The number of hydrogen-bond acceptors (Lipinski definition) is 4. The number of sulfone groups is 1. The normalized spacial score (nSPS) is 11.9. The average Bonchev–Trinajstić information content (AvgIpc) is 2.95. The van der Waals surface area contributed by atoms with Crippen LogP contribution >= 0.6 is 0 Å². The summed E-state index contributed by atoms with van der Waals surface area (Å²) < 4.78 is 23.7. The number of hydrogen-bond donors (Lipinski definition) is 2. The zero-order valence-corrected chi connectivity index (χ0v) is 16.7. The molecule has 1 aromatic heterocycles. The van der Waals surface area contributed by atoms with Crippen molar-refractivity contribution in [3.05, 3.63) is 29.6 Å². The molecule has 0 bridgehead atoms. The first-order chi connectivity index (χ1) is 12.2. The Hall–Kier alpha value is -2.09. The minimum atomic E-state index is -3.12. The molecule has 2 rings (SSSR count). The molecule has 8 heteroatoms. The number of carbonyl (C=O) groups is 1. The number of H-pyrrole nitrogens is 1. The van der Waals surface area contributed by atoms with Crippen molar-refractivity contribution in [2.45, 2.75) is 27.2 Å². The van der Waals surface area contributed by atoms with E-state index in [1.54, 1.807) is 7.05 Å². The van der Waals surface area contributed by atoms with Crippen LogP contribution in [0.3, 0.4) is 0 Å². The molecular weight excluding hydrogens is 352 g/mol. The van der Waals surface area contributed by atoms with Crippen LogP contribution in [0.2, 0.25) is 0 Å². The van der Waals surface area contributed by atoms with E-state index >= 15 is 0 Å². The Balaban J connectivity index is 1.80. The second-order valence-electron chi connectivity index (χ2n) is 7.07. The van der Waals surface area contributed by atoms with Crippen LogP contribution in [0.15, 0.2) is 18.2 Å². The molecule has 0 aliphatic rings. The third-order valence-electron chi connectivity index (χ3n) is 4.07. The van der Waals surface area contributed by atoms with E-state index < -0.39 is 9.84 Å². The number of aromatic nitrogens is 2. The molecule has 2 aromatic rings. The Morgan fingerprint density at radius 3 is 2.73 bits per heavy atom. The number of para-hydroxylation sites is 1. The molecule has 2 amide bonds. The number of amides is 2. The van der Waals surface area contributed by atoms with Crippen LogP contribution in [0.25, 0.3) is 11.0 Å². The number of nitrogens with zero attached hydrogens (tertiary/aromatic N) is 2. The minimum Gasteiger partial charge on any atom is -0.342 e. The number of nitrogens with one attached hydrogen (secondary N) is 2. The summed E-state index contributed by atoms with van der Waals surface area (Å²) in [6, 6.07) is 5.69. The molecule has 1 aromatic carbocycles. The van der Waals surface area contributed by atoms with Gasteiger partial charge in [0.05, 0.1) is 22.5 Å². The second-order valence-corrected chi connectivity index (χ2v) is 9.29. The van der Waals surface area contributed by atoms with Gasteiger partial charge < -0.3 is 15.2 Å². The van der Waals surface area contributed by atoms with Gasteiger partial charge in [-0.15, -0.1) is 0 Å². The minimum absolute atomic E-state index is 0.0341. The molecule has 1 heterocycles. The van der Waals surface area contributed by atoms with Crippen molar-refractivity contribution < 1.29 is 13.2 Å². The van der Waals surface area contributed by atoms with Crippen molar-refractivity contribution in [2.24, 2.45) is 5.92 Å². The Morgan fingerprint density at radius 1 is 1.35 bits per heavy atom. The van der Waals surface area contributed by atoms with Gasteiger partial charge in [-0.1, -0.05) is 26.0 Å². The van der Waals surface area contributed by atoms with Gasteiger partial charge in [0.2, 0.25) is 0 Å². The van der Waals surface area contributed by atoms with E-state index in [1.165, 1.54) is 4.90 Å². The summed E-state index contributed by atoms with van der Waals surface area (Å²) in [5.74, 6) is 1.02. The molecule has 0 atom stereocenters. The molecule has 0 aliphatic carbocycles. The predicted octanol–water partition coefficient (Wildman–Crippen LogP) is 2.13. The Bertz CT molecular complexity index is 858. The number of fused-ring (bicyclic) bond motifs is 1. The van der Waals surface area contributed by atoms with Gasteiger partial charge in [0.25, 0.3) is 0 Å². The molecule has 0 fully saturated rings. The van der Waals surface area contributed by atoms with Gasteiger partial charge in [0.15, 0.2) is 9.84 Å². The SMILES string of the molecule is Cc1cccc2[nH]c(CCN(C)C(=O)NCCS(=O)(=O)CC(C)C)nc12. The second kappa shape index (κ2) is 8.53. The lowest BCUT2D eigenvalue weighted by Crippen LogP contribution is -2.40. The highest BCUT2D eigenvalue weighted by Crippen LogP contribution is 2.15. The van der Waals surface area contributed by atoms with Crippen molar-refractivity contribution in [3.63, 3.8) is 0 Å². The van der Waals surface area contributed by atoms with Crippen molar-refractivity contribution in [1.82, 2.24) is 20.2 Å². The molecule has 0 radical (unpaired) electrons. The maximum Gasteiger partial charge on any atom is 0.317 e. The Morgan fingerprint density at radius 2 is 2.08 bits per heavy atom. The summed E-state index contributed by atoms with van der Waals surface area (Å²) >= 11 is 0. The smallest absolute Gasteiger partial charge is 0.317 e. The van der Waals surface area contributed by atoms with Crippen molar-refractivity contribution in [1.29, 1.82) is 0 Å². The largest absolute Gasteiger partial charge is 0.342 e. The number of likely N-dealkylation sites (N-methyl/N-ethyl adjacent to an activating group) is 1. The van der Waals surface area contributed by atoms with Crippen molar-refractivity contribution in [3.8, 4) is 0 Å². The van der Waals surface area contributed by atoms with Crippen molar-refractivity contribution in [2.75, 3.05) is 31.6 Å². The van der Waals surface area contributed by atoms with Crippen LogP contribution in [0.4, 0.5) is 4.79 Å². The number of urea groups is 1. The summed E-state index contributed by atoms with van der Waals surface area (Å²) in [4.78, 5) is 21.5. The van der Waals surface area contributed by atoms with E-state index in [9.17, 15) is 13.2 Å². The number of carbonyl (C=O) groups excluding carboxylic acids is 1. The fourth-order valence-electron chi connectivity index (χ4n) is 2.76. The maximum atomic E-state index is 12.1. The van der Waals surface area contributed by atoms with Gasteiger partial charge in [-0.25, -0.2) is 18.2 Å². The van der Waals surface area contributed by atoms with E-state index in [2.05, 4.69) is 15.3 Å². The first kappa shape index (κ1) is 20.2. The fourth-order valence-corrected chi connectivity index (χ4v) is 4.36. The molecule has 0 saturated carbocycles. The lowest BCUT2D eigenvalue weighted by molar-refractivity contribution is 0.210. The fraction of sp³-hybridized carbons (Fsp3) is 0.556. The Labute approximate surface area is 155 Å². The summed E-state index contributed by atoms with van der Waals surface area (Å²) in [7, 11) is -1.44. The maximum absolute atomic E-state index is 12.1. The van der Waals surface area contributed by atoms with Crippen LogP contribution in [-0.4, -0.2) is 61.0 Å². The highest BCUT2D eigenvalue weighted by atomic mass is 32.2. The lowest BCUT2D eigenvalue weighted by Gasteiger charge is -2.17. The highest BCUT2D eigenvalue weighted by molar-refractivity contribution is 7.91. The first-order valence-corrected chi connectivity index (χ1v) is 10.6. The van der Waals surface area contributed by atoms with E-state index in [4.69, 9.17) is 0 Å². The van der Waals surface area contributed by atoms with E-state index in [0.717, 1.165) is 22.4 Å². The van der Waals surface area contributed by atoms with Crippen LogP contribution < -0.4 is 5.32 Å². The zero-order valence-electron chi connectivity index (χ0n) is 15.9. The number of imidazole rings is 1. The molecular formula is C18H28N4O3S. The van der Waals surface area contributed by atoms with Crippen LogP contribution in [0.5, 0.6) is 0 Å². The number of aromatic amines is 1. The monoisotopic (exact) mass is 380 g/mol. The predicted molar refractivity (Wildman–Crippen MR) is 104 cm³/mol. The molecule has 0 saturated heterocycles. The van der Waals surface area contributed by atoms with Gasteiger partial charge >= 0.3 is 6.03 Å². The van der Waals surface area contributed by atoms with Gasteiger partial charge in [0, 0.05) is 26.6 Å². The molecule has 0 aliphatic heterocycles. The van der Waals surface area contributed by atoms with E-state index in [-0.39, 0.29) is 30.0 Å². The number of rotatable bonds is 8. The number of benzene rings is 1. The average molecular weight is 381 g/mol. The highest BCUT2D eigenvalue weighted by Gasteiger charge is 2.15. The summed E-state index contributed by atoms with van der Waals surface area (Å²) in [5.41, 5.74) is 3.05. The zero-order chi connectivity index (χ0) is 19.3. The van der Waals surface area contributed by atoms with Crippen LogP contribution in [-0.2, 0) is 16.3 Å². The number of aryl methyl sites for hydroxylation is 1. The van der Waals surface area contributed by atoms with E-state index in [0.29, 0.717) is 13.0 Å². The third-order valence-corrected chi connectivity index (χ3v) is 6.07. The van der Waals surface area contributed by atoms with Crippen LogP contribution in [0, 0.1) is 12.8 Å². The molecule has 0 unspecified atom stereocenters. The van der Waals surface area contributed by atoms with Gasteiger partial charge in [-0.2, -0.15) is 0 Å². The quantitative estimate of drug-likeness (QED) is 0.733. The molecule has 2 N–H and O–H groups in total. The van der Waals surface area contributed by atoms with Gasteiger partial charge in [-0.3, -0.25) is 0 Å². The summed E-state index contributed by atoms with van der Waals surface area (Å²) in [6.45, 7) is 6.36. The van der Waals surface area contributed by atoms with Gasteiger partial charge in [-0.05, 0) is 24.5 Å². The third kappa shape index (κ3) is 5.72. The van der Waals surface area contributed by atoms with Gasteiger partial charge in [0.1, 0.15) is 5.82 Å². The summed E-state index contributed by atoms with van der Waals surface area (Å²) in [5, 5.41) is 2.66. The van der Waals surface area contributed by atoms with Crippen molar-refractivity contribution >= 4 is 26.9 Å². The molecule has 26 heavy (non-hydrogen) atoms. The Kier molecular flexibility index (Phi) is 6.63.